The molecule has 86 valence electrons. The highest BCUT2D eigenvalue weighted by atomic mass is 32.2. The summed E-state index contributed by atoms with van der Waals surface area (Å²) in [4.78, 5) is 17.1. The number of pyridine rings is 1. The Morgan fingerprint density at radius 3 is 2.59 bits per heavy atom. The third-order valence-corrected chi connectivity index (χ3v) is 3.36. The number of ketones is 1. The van der Waals surface area contributed by atoms with Gasteiger partial charge in [-0.05, 0) is 31.2 Å². The minimum absolute atomic E-state index is 0.117. The van der Waals surface area contributed by atoms with E-state index in [0.29, 0.717) is 11.3 Å². The van der Waals surface area contributed by atoms with Gasteiger partial charge >= 0.3 is 0 Å². The quantitative estimate of drug-likeness (QED) is 0.609. The van der Waals surface area contributed by atoms with Crippen LogP contribution in [-0.4, -0.2) is 16.5 Å². The van der Waals surface area contributed by atoms with Crippen LogP contribution in [0, 0.1) is 6.92 Å². The van der Waals surface area contributed by atoms with Gasteiger partial charge in [-0.2, -0.15) is 0 Å². The molecule has 2 aromatic rings. The maximum atomic E-state index is 11.9. The molecule has 2 nitrogen and oxygen atoms in total. The predicted octanol–water partition coefficient (Wildman–Crippen LogP) is 3.37. The Bertz CT molecular complexity index is 493. The fourth-order valence-corrected chi connectivity index (χ4v) is 2.20. The van der Waals surface area contributed by atoms with Crippen LogP contribution in [0.25, 0.3) is 0 Å². The largest absolute Gasteiger partial charge is 0.293 e. The molecule has 0 radical (unpaired) electrons. The summed E-state index contributed by atoms with van der Waals surface area (Å²) < 4.78 is 0. The molecule has 17 heavy (non-hydrogen) atoms. The van der Waals surface area contributed by atoms with E-state index in [1.807, 2.05) is 49.4 Å². The summed E-state index contributed by atoms with van der Waals surface area (Å²) in [6, 6.07) is 13.6. The molecule has 0 aliphatic heterocycles. The first kappa shape index (κ1) is 11.9. The predicted molar refractivity (Wildman–Crippen MR) is 70.5 cm³/mol. The maximum absolute atomic E-state index is 11.9. The first-order valence-electron chi connectivity index (χ1n) is 5.39. The van der Waals surface area contributed by atoms with E-state index in [9.17, 15) is 4.79 Å². The molecule has 0 spiro atoms. The molecule has 0 bridgehead atoms. The Balaban J connectivity index is 1.96. The van der Waals surface area contributed by atoms with E-state index in [-0.39, 0.29) is 5.78 Å². The van der Waals surface area contributed by atoms with Gasteiger partial charge in [-0.3, -0.25) is 9.78 Å². The van der Waals surface area contributed by atoms with Crippen molar-refractivity contribution in [3.63, 3.8) is 0 Å². The minimum Gasteiger partial charge on any atom is -0.293 e. The van der Waals surface area contributed by atoms with E-state index in [0.717, 1.165) is 10.6 Å². The SMILES string of the molecule is Cc1ccc(C(=O)CSc2ccccc2)cn1. The molecule has 3 heteroatoms. The lowest BCUT2D eigenvalue weighted by atomic mass is 10.2. The molecule has 2 rings (SSSR count). The van der Waals surface area contributed by atoms with Gasteiger partial charge in [-0.25, -0.2) is 0 Å². The van der Waals surface area contributed by atoms with Gasteiger partial charge in [-0.1, -0.05) is 18.2 Å². The van der Waals surface area contributed by atoms with Crippen LogP contribution < -0.4 is 0 Å². The van der Waals surface area contributed by atoms with Gasteiger partial charge in [0.1, 0.15) is 0 Å². The monoisotopic (exact) mass is 243 g/mol. The molecule has 0 unspecified atom stereocenters. The Morgan fingerprint density at radius 2 is 1.94 bits per heavy atom. The second-order valence-electron chi connectivity index (χ2n) is 3.71. The lowest BCUT2D eigenvalue weighted by molar-refractivity contribution is 0.102. The molecule has 0 N–H and O–H groups in total. The van der Waals surface area contributed by atoms with Crippen molar-refractivity contribution >= 4 is 17.5 Å². The van der Waals surface area contributed by atoms with E-state index >= 15 is 0 Å². The Kier molecular flexibility index (Phi) is 3.94. The number of benzene rings is 1. The molecule has 0 saturated heterocycles. The van der Waals surface area contributed by atoms with E-state index < -0.39 is 0 Å². The van der Waals surface area contributed by atoms with E-state index in [1.54, 1.807) is 18.0 Å². The van der Waals surface area contributed by atoms with Crippen molar-refractivity contribution in [2.24, 2.45) is 0 Å². The third-order valence-electron chi connectivity index (χ3n) is 2.35. The number of hydrogen-bond donors (Lipinski definition) is 0. The fourth-order valence-electron chi connectivity index (χ4n) is 1.38. The third kappa shape index (κ3) is 3.43. The summed E-state index contributed by atoms with van der Waals surface area (Å²) >= 11 is 1.55. The van der Waals surface area contributed by atoms with Crippen LogP contribution in [0.2, 0.25) is 0 Å². The number of carbonyl (C=O) groups is 1. The number of carbonyl (C=O) groups excluding carboxylic acids is 1. The highest BCUT2D eigenvalue weighted by molar-refractivity contribution is 8.00. The minimum atomic E-state index is 0.117. The van der Waals surface area contributed by atoms with Crippen molar-refractivity contribution in [1.82, 2.24) is 4.98 Å². The summed E-state index contributed by atoms with van der Waals surface area (Å²) in [5, 5.41) is 0. The van der Waals surface area contributed by atoms with Crippen LogP contribution in [0.1, 0.15) is 16.1 Å². The van der Waals surface area contributed by atoms with Crippen molar-refractivity contribution in [3.05, 3.63) is 59.9 Å². The number of aromatic nitrogens is 1. The fraction of sp³-hybridized carbons (Fsp3) is 0.143. The number of Topliss-reactive ketones (excluding diaryl/α,β-unsaturated/α-hetero) is 1. The second kappa shape index (κ2) is 5.64. The summed E-state index contributed by atoms with van der Waals surface area (Å²) in [6.45, 7) is 1.91. The van der Waals surface area contributed by atoms with E-state index in [4.69, 9.17) is 0 Å². The summed E-state index contributed by atoms with van der Waals surface area (Å²) in [5.74, 6) is 0.570. The molecule has 1 aromatic heterocycles. The van der Waals surface area contributed by atoms with Gasteiger partial charge in [0.15, 0.2) is 5.78 Å². The first-order chi connectivity index (χ1) is 8.25. The zero-order chi connectivity index (χ0) is 12.1. The van der Waals surface area contributed by atoms with Crippen LogP contribution >= 0.6 is 11.8 Å². The van der Waals surface area contributed by atoms with Crippen LogP contribution in [0.5, 0.6) is 0 Å². The molecule has 0 aliphatic carbocycles. The Labute approximate surface area is 105 Å². The smallest absolute Gasteiger partial charge is 0.174 e. The van der Waals surface area contributed by atoms with Gasteiger partial charge in [-0.15, -0.1) is 11.8 Å². The van der Waals surface area contributed by atoms with Gasteiger partial charge in [0.25, 0.3) is 0 Å². The average Bonchev–Trinajstić information content (AvgIpc) is 2.38. The average molecular weight is 243 g/mol. The number of hydrogen-bond acceptors (Lipinski definition) is 3. The number of rotatable bonds is 4. The second-order valence-corrected chi connectivity index (χ2v) is 4.76. The topological polar surface area (TPSA) is 30.0 Å². The zero-order valence-corrected chi connectivity index (χ0v) is 10.4. The number of nitrogens with zero attached hydrogens (tertiary/aromatic N) is 1. The lowest BCUT2D eigenvalue weighted by Gasteiger charge is -2.01. The van der Waals surface area contributed by atoms with Crippen molar-refractivity contribution in [3.8, 4) is 0 Å². The van der Waals surface area contributed by atoms with Crippen molar-refractivity contribution in [2.75, 3.05) is 5.75 Å². The molecule has 0 aliphatic rings. The lowest BCUT2D eigenvalue weighted by Crippen LogP contribution is -2.02. The van der Waals surface area contributed by atoms with Gasteiger partial charge in [0, 0.05) is 22.3 Å². The van der Waals surface area contributed by atoms with E-state index in [1.165, 1.54) is 0 Å². The standard InChI is InChI=1S/C14H13NOS/c1-11-7-8-12(9-15-11)14(16)10-17-13-5-3-2-4-6-13/h2-9H,10H2,1H3. The molecule has 1 heterocycles. The molecule has 1 aromatic carbocycles. The number of thioether (sulfide) groups is 1. The van der Waals surface area contributed by atoms with Crippen LogP contribution in [-0.2, 0) is 0 Å². The van der Waals surface area contributed by atoms with Crippen molar-refractivity contribution in [2.45, 2.75) is 11.8 Å². The summed E-state index contributed by atoms with van der Waals surface area (Å²) in [6.07, 6.45) is 1.64. The van der Waals surface area contributed by atoms with Crippen LogP contribution in [0.15, 0.2) is 53.6 Å². The number of aryl methyl sites for hydroxylation is 1. The first-order valence-corrected chi connectivity index (χ1v) is 6.38. The van der Waals surface area contributed by atoms with Crippen molar-refractivity contribution < 1.29 is 4.79 Å². The van der Waals surface area contributed by atoms with Gasteiger partial charge < -0.3 is 0 Å². The van der Waals surface area contributed by atoms with Crippen LogP contribution in [0.3, 0.4) is 0 Å². The highest BCUT2D eigenvalue weighted by Gasteiger charge is 2.06. The van der Waals surface area contributed by atoms with E-state index in [2.05, 4.69) is 4.98 Å². The molecule has 0 amide bonds. The van der Waals surface area contributed by atoms with Gasteiger partial charge in [0.05, 0.1) is 5.75 Å². The molecular formula is C14H13NOS. The molecule has 0 fully saturated rings. The maximum Gasteiger partial charge on any atom is 0.174 e. The van der Waals surface area contributed by atoms with Gasteiger partial charge in [0.2, 0.25) is 0 Å². The summed E-state index contributed by atoms with van der Waals surface area (Å²) in [5.41, 5.74) is 1.61. The molecular weight excluding hydrogens is 230 g/mol. The van der Waals surface area contributed by atoms with Crippen LogP contribution in [0.4, 0.5) is 0 Å². The highest BCUT2D eigenvalue weighted by Crippen LogP contribution is 2.18. The molecule has 0 atom stereocenters. The summed E-state index contributed by atoms with van der Waals surface area (Å²) in [7, 11) is 0. The zero-order valence-electron chi connectivity index (χ0n) is 9.59. The molecule has 0 saturated carbocycles. The van der Waals surface area contributed by atoms with Crippen molar-refractivity contribution in [1.29, 1.82) is 0 Å². The normalized spacial score (nSPS) is 10.2. The Hall–Kier alpha value is -1.61. The Morgan fingerprint density at radius 1 is 1.18 bits per heavy atom.